The van der Waals surface area contributed by atoms with Crippen molar-refractivity contribution in [1.29, 1.82) is 0 Å². The topological polar surface area (TPSA) is 56.7 Å². The first kappa shape index (κ1) is 21.7. The zero-order valence-electron chi connectivity index (χ0n) is 17.1. The lowest BCUT2D eigenvalue weighted by Crippen LogP contribution is -2.47. The molecule has 0 aromatic carbocycles. The zero-order chi connectivity index (χ0) is 18.8. The second kappa shape index (κ2) is 12.0. The molecule has 1 aliphatic carbocycles. The Morgan fingerprint density at radius 1 is 1.19 bits per heavy atom. The second-order valence-electron chi connectivity index (χ2n) is 7.89. The summed E-state index contributed by atoms with van der Waals surface area (Å²) in [6.45, 7) is 7.87. The molecular formula is C20H40N4OS. The fraction of sp³-hybridized carbons (Fsp3) is 0.950. The van der Waals surface area contributed by atoms with E-state index in [9.17, 15) is 4.21 Å². The summed E-state index contributed by atoms with van der Waals surface area (Å²) in [4.78, 5) is 7.03. The Morgan fingerprint density at radius 3 is 2.77 bits per heavy atom. The van der Waals surface area contributed by atoms with Gasteiger partial charge in [-0.15, -0.1) is 0 Å². The van der Waals surface area contributed by atoms with E-state index < -0.39 is 10.8 Å². The molecule has 2 aliphatic rings. The largest absolute Gasteiger partial charge is 0.356 e. The van der Waals surface area contributed by atoms with Crippen LogP contribution >= 0.6 is 0 Å². The highest BCUT2D eigenvalue weighted by atomic mass is 32.2. The van der Waals surface area contributed by atoms with Crippen LogP contribution in [0.1, 0.15) is 71.6 Å². The first-order valence-corrected chi connectivity index (χ1v) is 12.1. The summed E-state index contributed by atoms with van der Waals surface area (Å²) < 4.78 is 12.1. The molecule has 0 radical (unpaired) electrons. The number of aliphatic imine (C=N–C) groups is 1. The number of guanidine groups is 1. The van der Waals surface area contributed by atoms with Gasteiger partial charge in [0.25, 0.3) is 0 Å². The van der Waals surface area contributed by atoms with Gasteiger partial charge in [0.15, 0.2) is 5.96 Å². The number of piperidine rings is 1. The standard InChI is InChI=1S/C20H40N4OS/c1-4-26(25)19-12-9-11-18(16-19)23-20(21-3)22-13-6-8-15-24-14-7-5-10-17(24)2/h17-19H,4-16H2,1-3H3,(H2,21,22,23). The van der Waals surface area contributed by atoms with E-state index in [0.717, 1.165) is 43.6 Å². The Bertz CT molecular complexity index is 457. The van der Waals surface area contributed by atoms with Crippen molar-refractivity contribution < 1.29 is 4.21 Å². The predicted molar refractivity (Wildman–Crippen MR) is 113 cm³/mol. The van der Waals surface area contributed by atoms with Gasteiger partial charge in [0.1, 0.15) is 0 Å². The van der Waals surface area contributed by atoms with Crippen LogP contribution in [0.25, 0.3) is 0 Å². The van der Waals surface area contributed by atoms with E-state index in [1.165, 1.54) is 51.6 Å². The molecule has 2 N–H and O–H groups in total. The lowest BCUT2D eigenvalue weighted by atomic mass is 9.95. The first-order valence-electron chi connectivity index (χ1n) is 10.7. The van der Waals surface area contributed by atoms with E-state index in [2.05, 4.69) is 27.4 Å². The zero-order valence-corrected chi connectivity index (χ0v) is 18.0. The summed E-state index contributed by atoms with van der Waals surface area (Å²) in [5.74, 6) is 1.68. The highest BCUT2D eigenvalue weighted by molar-refractivity contribution is 7.85. The highest BCUT2D eigenvalue weighted by Crippen LogP contribution is 2.23. The van der Waals surface area contributed by atoms with Crippen molar-refractivity contribution in [2.24, 2.45) is 4.99 Å². The van der Waals surface area contributed by atoms with Gasteiger partial charge in [0.2, 0.25) is 0 Å². The number of nitrogens with zero attached hydrogens (tertiary/aromatic N) is 2. The molecule has 4 unspecified atom stereocenters. The van der Waals surface area contributed by atoms with Gasteiger partial charge in [0, 0.05) is 47.5 Å². The summed E-state index contributed by atoms with van der Waals surface area (Å²) in [6.07, 6.45) is 11.0. The van der Waals surface area contributed by atoms with E-state index in [1.807, 2.05) is 14.0 Å². The number of hydrogen-bond donors (Lipinski definition) is 2. The van der Waals surface area contributed by atoms with Gasteiger partial charge in [-0.3, -0.25) is 9.20 Å². The van der Waals surface area contributed by atoms with Crippen LogP contribution in [0.3, 0.4) is 0 Å². The van der Waals surface area contributed by atoms with Crippen molar-refractivity contribution in [3.63, 3.8) is 0 Å². The van der Waals surface area contributed by atoms with Crippen LogP contribution < -0.4 is 10.6 Å². The quantitative estimate of drug-likeness (QED) is 0.384. The van der Waals surface area contributed by atoms with Crippen LogP contribution in [-0.4, -0.2) is 64.8 Å². The molecule has 1 saturated carbocycles. The second-order valence-corrected chi connectivity index (χ2v) is 9.89. The number of unbranched alkanes of at least 4 members (excludes halogenated alkanes) is 1. The number of rotatable bonds is 8. The lowest BCUT2D eigenvalue weighted by molar-refractivity contribution is 0.158. The molecule has 6 heteroatoms. The van der Waals surface area contributed by atoms with Crippen LogP contribution in [0.5, 0.6) is 0 Å². The third-order valence-electron chi connectivity index (χ3n) is 5.95. The van der Waals surface area contributed by atoms with E-state index >= 15 is 0 Å². The smallest absolute Gasteiger partial charge is 0.191 e. The first-order chi connectivity index (χ1) is 12.6. The van der Waals surface area contributed by atoms with Crippen molar-refractivity contribution in [2.75, 3.05) is 32.4 Å². The maximum Gasteiger partial charge on any atom is 0.191 e. The molecule has 0 amide bonds. The van der Waals surface area contributed by atoms with E-state index in [1.54, 1.807) is 0 Å². The molecule has 1 saturated heterocycles. The molecule has 26 heavy (non-hydrogen) atoms. The van der Waals surface area contributed by atoms with E-state index in [0.29, 0.717) is 11.3 Å². The molecular weight excluding hydrogens is 344 g/mol. The van der Waals surface area contributed by atoms with Gasteiger partial charge < -0.3 is 15.5 Å². The molecule has 0 aromatic rings. The van der Waals surface area contributed by atoms with E-state index in [4.69, 9.17) is 0 Å². The predicted octanol–water partition coefficient (Wildman–Crippen LogP) is 2.89. The Morgan fingerprint density at radius 2 is 2.04 bits per heavy atom. The normalized spacial score (nSPS) is 29.3. The Hall–Kier alpha value is -0.620. The number of nitrogens with one attached hydrogen (secondary N) is 2. The summed E-state index contributed by atoms with van der Waals surface area (Å²) in [7, 11) is 1.17. The molecule has 5 nitrogen and oxygen atoms in total. The average Bonchev–Trinajstić information content (AvgIpc) is 2.67. The minimum atomic E-state index is -0.670. The van der Waals surface area contributed by atoms with Crippen molar-refractivity contribution >= 4 is 16.8 Å². The third-order valence-corrected chi connectivity index (χ3v) is 7.69. The summed E-state index contributed by atoms with van der Waals surface area (Å²) in [6, 6.07) is 1.17. The van der Waals surface area contributed by atoms with Crippen molar-refractivity contribution in [1.82, 2.24) is 15.5 Å². The Balaban J connectivity index is 1.62. The van der Waals surface area contributed by atoms with Gasteiger partial charge in [-0.05, 0) is 65.0 Å². The Labute approximate surface area is 163 Å². The molecule has 0 spiro atoms. The lowest BCUT2D eigenvalue weighted by Gasteiger charge is -2.33. The van der Waals surface area contributed by atoms with Crippen molar-refractivity contribution in [2.45, 2.75) is 89.0 Å². The molecule has 4 atom stereocenters. The fourth-order valence-electron chi connectivity index (χ4n) is 4.27. The van der Waals surface area contributed by atoms with Gasteiger partial charge >= 0.3 is 0 Å². The highest BCUT2D eigenvalue weighted by Gasteiger charge is 2.26. The number of hydrogen-bond acceptors (Lipinski definition) is 3. The van der Waals surface area contributed by atoms with Crippen LogP contribution in [0.2, 0.25) is 0 Å². The van der Waals surface area contributed by atoms with Crippen LogP contribution in [-0.2, 0) is 10.8 Å². The molecule has 0 aromatic heterocycles. The van der Waals surface area contributed by atoms with Crippen LogP contribution in [0, 0.1) is 0 Å². The van der Waals surface area contributed by atoms with Gasteiger partial charge in [-0.1, -0.05) is 19.8 Å². The van der Waals surface area contributed by atoms with Gasteiger partial charge in [0.05, 0.1) is 0 Å². The molecule has 1 aliphatic heterocycles. The van der Waals surface area contributed by atoms with Crippen molar-refractivity contribution in [3.05, 3.63) is 0 Å². The summed E-state index contributed by atoms with van der Waals surface area (Å²) in [5.41, 5.74) is 0. The fourth-order valence-corrected chi connectivity index (χ4v) is 5.62. The monoisotopic (exact) mass is 384 g/mol. The van der Waals surface area contributed by atoms with Gasteiger partial charge in [-0.25, -0.2) is 0 Å². The maximum atomic E-state index is 12.1. The molecule has 2 fully saturated rings. The van der Waals surface area contributed by atoms with Crippen molar-refractivity contribution in [3.8, 4) is 0 Å². The molecule has 152 valence electrons. The maximum absolute atomic E-state index is 12.1. The van der Waals surface area contributed by atoms with Gasteiger partial charge in [-0.2, -0.15) is 0 Å². The minimum absolute atomic E-state index is 0.357. The summed E-state index contributed by atoms with van der Waals surface area (Å²) in [5, 5.41) is 7.38. The van der Waals surface area contributed by atoms with E-state index in [-0.39, 0.29) is 0 Å². The number of likely N-dealkylation sites (tertiary alicyclic amines) is 1. The van der Waals surface area contributed by atoms with Crippen LogP contribution in [0.4, 0.5) is 0 Å². The average molecular weight is 385 g/mol. The SMILES string of the molecule is CCS(=O)C1CCCC(NC(=NC)NCCCCN2CCCCC2C)C1. The van der Waals surface area contributed by atoms with Crippen LogP contribution in [0.15, 0.2) is 4.99 Å². The summed E-state index contributed by atoms with van der Waals surface area (Å²) >= 11 is 0. The molecule has 2 rings (SSSR count). The third kappa shape index (κ3) is 7.18. The Kier molecular flexibility index (Phi) is 9.97. The molecule has 1 heterocycles. The minimum Gasteiger partial charge on any atom is -0.356 e. The molecule has 0 bridgehead atoms.